The third kappa shape index (κ3) is 1.54. The van der Waals surface area contributed by atoms with Crippen molar-refractivity contribution in [3.63, 3.8) is 0 Å². The smallest absolute Gasteiger partial charge is 0.216 e. The van der Waals surface area contributed by atoms with Gasteiger partial charge in [-0.1, -0.05) is 0 Å². The van der Waals surface area contributed by atoms with E-state index < -0.39 is 0 Å². The van der Waals surface area contributed by atoms with E-state index in [9.17, 15) is 0 Å². The maximum atomic E-state index is 4.98. The molecule has 0 aliphatic heterocycles. The minimum Gasteiger partial charge on any atom is -0.278 e. The van der Waals surface area contributed by atoms with Crippen molar-refractivity contribution in [1.82, 2.24) is 19.7 Å². The Balaban J connectivity index is 2.52. The summed E-state index contributed by atoms with van der Waals surface area (Å²) in [7, 11) is 1.83. The van der Waals surface area contributed by atoms with Gasteiger partial charge >= 0.3 is 0 Å². The third-order valence-corrected chi connectivity index (χ3v) is 2.77. The van der Waals surface area contributed by atoms with E-state index in [0.29, 0.717) is 4.77 Å². The van der Waals surface area contributed by atoms with Gasteiger partial charge in [-0.25, -0.2) is 4.98 Å². The number of nitrogens with zero attached hydrogens (tertiary/aromatic N) is 3. The van der Waals surface area contributed by atoms with Crippen LogP contribution in [0, 0.1) is 11.7 Å². The molecule has 68 valence electrons. The number of aryl methyl sites for hydroxylation is 2. The van der Waals surface area contributed by atoms with Crippen molar-refractivity contribution in [2.24, 2.45) is 7.05 Å². The van der Waals surface area contributed by atoms with Crippen LogP contribution in [0.1, 0.15) is 5.01 Å². The maximum absolute atomic E-state index is 4.98. The Labute approximate surface area is 84.3 Å². The van der Waals surface area contributed by atoms with Gasteiger partial charge in [0.2, 0.25) is 4.77 Å². The van der Waals surface area contributed by atoms with Gasteiger partial charge in [-0.3, -0.25) is 9.78 Å². The minimum atomic E-state index is 0.542. The zero-order valence-electron chi connectivity index (χ0n) is 7.24. The molecule has 0 unspecified atom stereocenters. The molecule has 6 heteroatoms. The van der Waals surface area contributed by atoms with Crippen LogP contribution in [-0.2, 0) is 7.05 Å². The van der Waals surface area contributed by atoms with Crippen LogP contribution in [0.15, 0.2) is 5.38 Å². The molecule has 0 aliphatic rings. The molecule has 0 radical (unpaired) electrons. The van der Waals surface area contributed by atoms with Gasteiger partial charge in [0.05, 0.1) is 5.01 Å². The standard InChI is InChI=1S/C7H8N4S2/c1-4-8-5(3-13-4)6-9-7(12)11(2)10-6/h3H,1-2H3,(H,9,10,12). The first-order valence-corrected chi connectivity index (χ1v) is 5.01. The van der Waals surface area contributed by atoms with Crippen molar-refractivity contribution in [2.45, 2.75) is 6.92 Å². The van der Waals surface area contributed by atoms with Crippen LogP contribution in [0.25, 0.3) is 11.5 Å². The fourth-order valence-corrected chi connectivity index (χ4v) is 1.72. The Hall–Kier alpha value is -1.01. The minimum absolute atomic E-state index is 0.542. The van der Waals surface area contributed by atoms with Crippen molar-refractivity contribution in [2.75, 3.05) is 0 Å². The first-order valence-electron chi connectivity index (χ1n) is 3.72. The predicted octanol–water partition coefficient (Wildman–Crippen LogP) is 1.91. The molecule has 4 nitrogen and oxygen atoms in total. The van der Waals surface area contributed by atoms with Crippen molar-refractivity contribution in [1.29, 1.82) is 0 Å². The number of hydrogen-bond acceptors (Lipinski definition) is 4. The highest BCUT2D eigenvalue weighted by Gasteiger charge is 2.05. The highest BCUT2D eigenvalue weighted by atomic mass is 32.1. The lowest BCUT2D eigenvalue weighted by atomic mass is 10.5. The molecule has 2 aromatic rings. The average Bonchev–Trinajstić information content (AvgIpc) is 2.61. The fraction of sp³-hybridized carbons (Fsp3) is 0.286. The molecule has 0 spiro atoms. The lowest BCUT2D eigenvalue weighted by Crippen LogP contribution is -1.89. The molecule has 0 amide bonds. The molecule has 0 saturated carbocycles. The highest BCUT2D eigenvalue weighted by Crippen LogP contribution is 2.17. The van der Waals surface area contributed by atoms with Crippen molar-refractivity contribution >= 4 is 23.6 Å². The molecule has 0 aromatic carbocycles. The van der Waals surface area contributed by atoms with Gasteiger partial charge in [-0.15, -0.1) is 11.3 Å². The fourth-order valence-electron chi connectivity index (χ4n) is 0.989. The van der Waals surface area contributed by atoms with Crippen LogP contribution in [0.3, 0.4) is 0 Å². The summed E-state index contributed by atoms with van der Waals surface area (Å²) >= 11 is 6.58. The molecule has 0 fully saturated rings. The summed E-state index contributed by atoms with van der Waals surface area (Å²) in [5.41, 5.74) is 0.856. The number of H-pyrrole nitrogens is 1. The van der Waals surface area contributed by atoms with E-state index in [1.54, 1.807) is 16.0 Å². The highest BCUT2D eigenvalue weighted by molar-refractivity contribution is 7.71. The molecule has 13 heavy (non-hydrogen) atoms. The van der Waals surface area contributed by atoms with Crippen LogP contribution in [0.2, 0.25) is 0 Å². The van der Waals surface area contributed by atoms with Crippen LogP contribution in [0.5, 0.6) is 0 Å². The Morgan fingerprint density at radius 3 is 2.77 bits per heavy atom. The van der Waals surface area contributed by atoms with Gasteiger partial charge in [-0.05, 0) is 19.1 Å². The molecular formula is C7H8N4S2. The normalized spacial score (nSPS) is 10.6. The number of aromatic nitrogens is 4. The lowest BCUT2D eigenvalue weighted by molar-refractivity contribution is 0.755. The number of thiazole rings is 1. The number of hydrogen-bond donors (Lipinski definition) is 1. The largest absolute Gasteiger partial charge is 0.278 e. The van der Waals surface area contributed by atoms with Crippen LogP contribution < -0.4 is 0 Å². The number of nitrogens with one attached hydrogen (secondary N) is 1. The zero-order valence-corrected chi connectivity index (χ0v) is 8.87. The van der Waals surface area contributed by atoms with Crippen LogP contribution >= 0.6 is 23.6 Å². The molecule has 2 heterocycles. The van der Waals surface area contributed by atoms with E-state index in [1.807, 2.05) is 19.4 Å². The van der Waals surface area contributed by atoms with Gasteiger partial charge in [0.1, 0.15) is 5.69 Å². The van der Waals surface area contributed by atoms with Gasteiger partial charge in [0.15, 0.2) is 5.82 Å². The summed E-state index contributed by atoms with van der Waals surface area (Å²) in [6, 6.07) is 0. The summed E-state index contributed by atoms with van der Waals surface area (Å²) in [6.07, 6.45) is 0. The third-order valence-electron chi connectivity index (χ3n) is 1.63. The SMILES string of the molecule is Cc1nc(-c2nc(=S)n(C)[nH]2)cs1. The van der Waals surface area contributed by atoms with E-state index >= 15 is 0 Å². The summed E-state index contributed by atoms with van der Waals surface area (Å²) < 4.78 is 2.24. The van der Waals surface area contributed by atoms with Gasteiger partial charge in [-0.2, -0.15) is 4.98 Å². The maximum Gasteiger partial charge on any atom is 0.216 e. The Kier molecular flexibility index (Phi) is 2.01. The quantitative estimate of drug-likeness (QED) is 0.734. The second kappa shape index (κ2) is 3.04. The molecule has 1 N–H and O–H groups in total. The molecule has 0 aliphatic carbocycles. The van der Waals surface area contributed by atoms with Crippen molar-refractivity contribution < 1.29 is 0 Å². The molecule has 0 atom stereocenters. The Morgan fingerprint density at radius 1 is 1.54 bits per heavy atom. The first-order chi connectivity index (χ1) is 6.16. The van der Waals surface area contributed by atoms with Crippen molar-refractivity contribution in [3.8, 4) is 11.5 Å². The van der Waals surface area contributed by atoms with Gasteiger partial charge in [0.25, 0.3) is 0 Å². The van der Waals surface area contributed by atoms with E-state index in [1.165, 1.54) is 0 Å². The first kappa shape index (κ1) is 8.58. The van der Waals surface area contributed by atoms with Crippen LogP contribution in [0.4, 0.5) is 0 Å². The summed E-state index contributed by atoms with van der Waals surface area (Å²) in [4.78, 5) is 8.46. The number of aromatic amines is 1. The summed E-state index contributed by atoms with van der Waals surface area (Å²) in [5.74, 6) is 0.733. The number of rotatable bonds is 1. The second-order valence-corrected chi connectivity index (χ2v) is 4.09. The lowest BCUT2D eigenvalue weighted by Gasteiger charge is -1.87. The van der Waals surface area contributed by atoms with Gasteiger partial charge in [0, 0.05) is 12.4 Å². The summed E-state index contributed by atoms with van der Waals surface area (Å²) in [6.45, 7) is 1.96. The topological polar surface area (TPSA) is 46.5 Å². The monoisotopic (exact) mass is 212 g/mol. The van der Waals surface area contributed by atoms with Crippen LogP contribution in [-0.4, -0.2) is 19.7 Å². The van der Waals surface area contributed by atoms with Gasteiger partial charge < -0.3 is 0 Å². The molecule has 0 bridgehead atoms. The van der Waals surface area contributed by atoms with Crippen molar-refractivity contribution in [3.05, 3.63) is 15.2 Å². The predicted molar refractivity (Wildman–Crippen MR) is 54.2 cm³/mol. The summed E-state index contributed by atoms with van der Waals surface area (Å²) in [5, 5.41) is 6.01. The zero-order chi connectivity index (χ0) is 9.42. The Morgan fingerprint density at radius 2 is 2.31 bits per heavy atom. The second-order valence-electron chi connectivity index (χ2n) is 2.67. The molecule has 2 aromatic heterocycles. The van der Waals surface area contributed by atoms with E-state index in [0.717, 1.165) is 16.5 Å². The average molecular weight is 212 g/mol. The molecule has 2 rings (SSSR count). The Bertz CT molecular complexity index is 479. The van der Waals surface area contributed by atoms with E-state index in [-0.39, 0.29) is 0 Å². The van der Waals surface area contributed by atoms with E-state index in [4.69, 9.17) is 12.2 Å². The molecular weight excluding hydrogens is 204 g/mol. The molecule has 0 saturated heterocycles. The van der Waals surface area contributed by atoms with E-state index in [2.05, 4.69) is 15.1 Å².